The SMILES string of the molecule is O=C(C=Cc1ccc(CN2CCN(c3nc4ccccc4n3C(=O)c3ccccc3)CC2)cc1)NO. The number of nitrogens with one attached hydrogen (secondary N) is 1. The van der Waals surface area contributed by atoms with E-state index in [0.29, 0.717) is 11.5 Å². The first kappa shape index (κ1) is 23.5. The molecule has 3 aromatic carbocycles. The highest BCUT2D eigenvalue weighted by Gasteiger charge is 2.25. The summed E-state index contributed by atoms with van der Waals surface area (Å²) < 4.78 is 1.74. The molecule has 8 heteroatoms. The van der Waals surface area contributed by atoms with Crippen molar-refractivity contribution in [3.8, 4) is 0 Å². The molecule has 0 bridgehead atoms. The molecule has 0 saturated carbocycles. The fourth-order valence-corrected chi connectivity index (χ4v) is 4.44. The molecular formula is C28H27N5O3. The Labute approximate surface area is 209 Å². The summed E-state index contributed by atoms with van der Waals surface area (Å²) in [7, 11) is 0. The van der Waals surface area contributed by atoms with Gasteiger partial charge in [-0.05, 0) is 41.5 Å². The van der Waals surface area contributed by atoms with E-state index in [2.05, 4.69) is 9.80 Å². The van der Waals surface area contributed by atoms with Crippen LogP contribution in [0.5, 0.6) is 0 Å². The van der Waals surface area contributed by atoms with E-state index in [1.165, 1.54) is 11.6 Å². The fraction of sp³-hybridized carbons (Fsp3) is 0.179. The highest BCUT2D eigenvalue weighted by Crippen LogP contribution is 2.25. The lowest BCUT2D eigenvalue weighted by Gasteiger charge is -2.35. The standard InChI is InChI=1S/C28H27N5O3/c34-26(30-36)15-14-21-10-12-22(13-11-21)20-31-16-18-32(19-17-31)28-29-24-8-4-5-9-25(24)33(28)27(35)23-6-2-1-3-7-23/h1-15,36H,16-20H2,(H,30,34). The third-order valence-corrected chi connectivity index (χ3v) is 6.35. The Bertz CT molecular complexity index is 1390. The maximum atomic E-state index is 13.5. The van der Waals surface area contributed by atoms with E-state index < -0.39 is 5.91 Å². The smallest absolute Gasteiger partial charge is 0.267 e. The van der Waals surface area contributed by atoms with Crippen molar-refractivity contribution in [1.29, 1.82) is 0 Å². The van der Waals surface area contributed by atoms with Crippen molar-refractivity contribution in [3.63, 3.8) is 0 Å². The normalized spacial score (nSPS) is 14.4. The number of hydrogen-bond acceptors (Lipinski definition) is 6. The van der Waals surface area contributed by atoms with Gasteiger partial charge in [0.2, 0.25) is 5.95 Å². The van der Waals surface area contributed by atoms with Gasteiger partial charge >= 0.3 is 0 Å². The van der Waals surface area contributed by atoms with Gasteiger partial charge < -0.3 is 4.90 Å². The first-order valence-electron chi connectivity index (χ1n) is 11.9. The molecule has 1 fully saturated rings. The highest BCUT2D eigenvalue weighted by atomic mass is 16.5. The lowest BCUT2D eigenvalue weighted by Crippen LogP contribution is -2.47. The molecule has 0 aliphatic carbocycles. The Hall–Kier alpha value is -4.27. The van der Waals surface area contributed by atoms with Gasteiger partial charge in [-0.3, -0.25) is 19.7 Å². The largest absolute Gasteiger partial charge is 0.339 e. The van der Waals surface area contributed by atoms with Gasteiger partial charge in [0.25, 0.3) is 11.8 Å². The second kappa shape index (κ2) is 10.6. The predicted molar refractivity (Wildman–Crippen MR) is 139 cm³/mol. The van der Waals surface area contributed by atoms with Crippen molar-refractivity contribution in [2.24, 2.45) is 0 Å². The molecule has 0 unspecified atom stereocenters. The summed E-state index contributed by atoms with van der Waals surface area (Å²) in [4.78, 5) is 34.0. The summed E-state index contributed by atoms with van der Waals surface area (Å²) >= 11 is 0. The van der Waals surface area contributed by atoms with Gasteiger partial charge in [-0.15, -0.1) is 0 Å². The summed E-state index contributed by atoms with van der Waals surface area (Å²) in [5, 5.41) is 8.58. The van der Waals surface area contributed by atoms with Crippen LogP contribution in [-0.2, 0) is 11.3 Å². The van der Waals surface area contributed by atoms with E-state index in [-0.39, 0.29) is 5.91 Å². The average Bonchev–Trinajstić information content (AvgIpc) is 3.32. The fourth-order valence-electron chi connectivity index (χ4n) is 4.44. The number of aromatic nitrogens is 2. The molecule has 1 amide bonds. The summed E-state index contributed by atoms with van der Waals surface area (Å²) in [6.07, 6.45) is 2.93. The summed E-state index contributed by atoms with van der Waals surface area (Å²) in [6.45, 7) is 4.04. The Morgan fingerprint density at radius 2 is 1.58 bits per heavy atom. The summed E-state index contributed by atoms with van der Waals surface area (Å²) in [5.74, 6) is 0.0519. The van der Waals surface area contributed by atoms with Crippen molar-refractivity contribution in [2.75, 3.05) is 31.1 Å². The quantitative estimate of drug-likeness (QED) is 0.249. The molecule has 4 aromatic rings. The number of nitrogens with zero attached hydrogens (tertiary/aromatic N) is 4. The summed E-state index contributed by atoms with van der Waals surface area (Å²) in [6, 6.07) is 25.1. The first-order chi connectivity index (χ1) is 17.6. The van der Waals surface area contributed by atoms with E-state index in [0.717, 1.165) is 49.3 Å². The van der Waals surface area contributed by atoms with E-state index in [4.69, 9.17) is 10.2 Å². The minimum Gasteiger partial charge on any atom is -0.339 e. The van der Waals surface area contributed by atoms with Crippen LogP contribution in [0.1, 0.15) is 21.5 Å². The number of hydrogen-bond donors (Lipinski definition) is 2. The number of imidazole rings is 1. The zero-order valence-electron chi connectivity index (χ0n) is 19.7. The molecule has 0 radical (unpaired) electrons. The zero-order chi connectivity index (χ0) is 24.9. The van der Waals surface area contributed by atoms with Crippen molar-refractivity contribution < 1.29 is 14.8 Å². The molecular weight excluding hydrogens is 454 g/mol. The van der Waals surface area contributed by atoms with Gasteiger partial charge in [-0.1, -0.05) is 54.6 Å². The minimum absolute atomic E-state index is 0.0765. The molecule has 36 heavy (non-hydrogen) atoms. The first-order valence-corrected chi connectivity index (χ1v) is 11.9. The van der Waals surface area contributed by atoms with Gasteiger partial charge in [0, 0.05) is 44.4 Å². The molecule has 1 aromatic heterocycles. The van der Waals surface area contributed by atoms with Crippen molar-refractivity contribution in [2.45, 2.75) is 6.54 Å². The van der Waals surface area contributed by atoms with Gasteiger partial charge in [0.1, 0.15) is 0 Å². The van der Waals surface area contributed by atoms with Crippen LogP contribution in [-0.4, -0.2) is 57.7 Å². The number of piperazine rings is 1. The molecule has 1 saturated heterocycles. The third kappa shape index (κ3) is 5.05. The Kier molecular flexibility index (Phi) is 6.88. The van der Waals surface area contributed by atoms with Crippen LogP contribution in [0.15, 0.2) is 84.9 Å². The molecule has 0 atom stereocenters. The van der Waals surface area contributed by atoms with E-state index >= 15 is 0 Å². The molecule has 5 rings (SSSR count). The number of carbonyl (C=O) groups excluding carboxylic acids is 2. The second-order valence-electron chi connectivity index (χ2n) is 8.72. The van der Waals surface area contributed by atoms with Gasteiger partial charge in [0.15, 0.2) is 0 Å². The predicted octanol–water partition coefficient (Wildman–Crippen LogP) is 3.57. The van der Waals surface area contributed by atoms with Gasteiger partial charge in [0.05, 0.1) is 11.0 Å². The number of benzene rings is 3. The molecule has 2 N–H and O–H groups in total. The van der Waals surface area contributed by atoms with Crippen LogP contribution in [0.25, 0.3) is 17.1 Å². The number of rotatable bonds is 6. The van der Waals surface area contributed by atoms with Crippen LogP contribution in [0.4, 0.5) is 5.95 Å². The van der Waals surface area contributed by atoms with Crippen LogP contribution in [0.3, 0.4) is 0 Å². The molecule has 2 heterocycles. The lowest BCUT2D eigenvalue weighted by molar-refractivity contribution is -0.124. The van der Waals surface area contributed by atoms with E-state index in [1.807, 2.05) is 78.9 Å². The molecule has 182 valence electrons. The molecule has 1 aliphatic rings. The zero-order valence-corrected chi connectivity index (χ0v) is 19.7. The van der Waals surface area contributed by atoms with Crippen LogP contribution in [0, 0.1) is 0 Å². The van der Waals surface area contributed by atoms with Crippen molar-refractivity contribution in [1.82, 2.24) is 19.9 Å². The summed E-state index contributed by atoms with van der Waals surface area (Å²) in [5.41, 5.74) is 5.90. The maximum absolute atomic E-state index is 13.5. The number of amides is 1. The molecule has 8 nitrogen and oxygen atoms in total. The number of hydroxylamine groups is 1. The maximum Gasteiger partial charge on any atom is 0.267 e. The van der Waals surface area contributed by atoms with Gasteiger partial charge in [-0.2, -0.15) is 0 Å². The van der Waals surface area contributed by atoms with Crippen LogP contribution >= 0.6 is 0 Å². The number of anilines is 1. The Morgan fingerprint density at radius 1 is 0.889 bits per heavy atom. The number of carbonyl (C=O) groups is 2. The Balaban J connectivity index is 1.28. The molecule has 0 spiro atoms. The third-order valence-electron chi connectivity index (χ3n) is 6.35. The van der Waals surface area contributed by atoms with Gasteiger partial charge in [-0.25, -0.2) is 15.0 Å². The number of fused-ring (bicyclic) bond motifs is 1. The average molecular weight is 482 g/mol. The second-order valence-corrected chi connectivity index (χ2v) is 8.72. The van der Waals surface area contributed by atoms with Crippen molar-refractivity contribution >= 4 is 34.9 Å². The monoisotopic (exact) mass is 481 g/mol. The minimum atomic E-state index is -0.559. The lowest BCUT2D eigenvalue weighted by atomic mass is 10.1. The highest BCUT2D eigenvalue weighted by molar-refractivity contribution is 6.03. The van der Waals surface area contributed by atoms with E-state index in [9.17, 15) is 9.59 Å². The van der Waals surface area contributed by atoms with Crippen LogP contribution in [0.2, 0.25) is 0 Å². The topological polar surface area (TPSA) is 90.7 Å². The molecule has 1 aliphatic heterocycles. The van der Waals surface area contributed by atoms with Crippen molar-refractivity contribution in [3.05, 3.63) is 102 Å². The Morgan fingerprint density at radius 3 is 2.31 bits per heavy atom. The number of para-hydroxylation sites is 2. The van der Waals surface area contributed by atoms with E-state index in [1.54, 1.807) is 16.1 Å². The van der Waals surface area contributed by atoms with Crippen LogP contribution < -0.4 is 10.4 Å².